The van der Waals surface area contributed by atoms with Crippen molar-refractivity contribution in [1.29, 1.82) is 5.26 Å². The van der Waals surface area contributed by atoms with Gasteiger partial charge in [0.1, 0.15) is 12.4 Å². The molecule has 2 fully saturated rings. The molecular formula is C31H36ClFN6O2. The van der Waals surface area contributed by atoms with E-state index in [9.17, 15) is 14.4 Å². The summed E-state index contributed by atoms with van der Waals surface area (Å²) in [5.41, 5.74) is 4.66. The highest BCUT2D eigenvalue weighted by Gasteiger charge is 2.44. The average molecular weight is 579 g/mol. The lowest BCUT2D eigenvalue weighted by Gasteiger charge is -2.42. The van der Waals surface area contributed by atoms with Crippen LogP contribution in [-0.4, -0.2) is 77.6 Å². The van der Waals surface area contributed by atoms with Gasteiger partial charge in [0, 0.05) is 41.7 Å². The molecule has 8 nitrogen and oxygen atoms in total. The van der Waals surface area contributed by atoms with Gasteiger partial charge in [0.05, 0.1) is 24.2 Å². The fourth-order valence-electron chi connectivity index (χ4n) is 7.36. The van der Waals surface area contributed by atoms with Crippen molar-refractivity contribution in [2.45, 2.75) is 68.9 Å². The van der Waals surface area contributed by atoms with Crippen LogP contribution in [0.25, 0.3) is 0 Å². The summed E-state index contributed by atoms with van der Waals surface area (Å²) in [7, 11) is 2.12. The van der Waals surface area contributed by atoms with Gasteiger partial charge in [-0.05, 0) is 75.7 Å². The number of nitriles is 1. The molecule has 216 valence electrons. The molecule has 0 saturated carbocycles. The molecule has 3 atom stereocenters. The highest BCUT2D eigenvalue weighted by molar-refractivity contribution is 6.31. The van der Waals surface area contributed by atoms with Gasteiger partial charge in [-0.1, -0.05) is 30.3 Å². The highest BCUT2D eigenvalue weighted by atomic mass is 35.5. The van der Waals surface area contributed by atoms with Crippen molar-refractivity contribution in [2.75, 3.05) is 44.7 Å². The maximum absolute atomic E-state index is 13.8. The first kappa shape index (κ1) is 27.9. The molecule has 2 aromatic rings. The summed E-state index contributed by atoms with van der Waals surface area (Å²) < 4.78 is 20.0. The predicted octanol–water partition coefficient (Wildman–Crippen LogP) is 4.39. The Balaban J connectivity index is 1.34. The van der Waals surface area contributed by atoms with Crippen LogP contribution in [0, 0.1) is 11.3 Å². The minimum Gasteiger partial charge on any atom is -0.462 e. The molecule has 1 amide bonds. The summed E-state index contributed by atoms with van der Waals surface area (Å²) in [6, 6.07) is 8.64. The normalized spacial score (nSPS) is 25.6. The molecule has 1 aromatic heterocycles. The van der Waals surface area contributed by atoms with Crippen LogP contribution in [0.1, 0.15) is 54.5 Å². The van der Waals surface area contributed by atoms with E-state index in [4.69, 9.17) is 26.3 Å². The van der Waals surface area contributed by atoms with E-state index in [1.807, 2.05) is 12.1 Å². The molecule has 10 heteroatoms. The SMILES string of the molecule is C=C(F)C(=O)N1CCN(c2nc(OC[C@@H]3CCCN3C)nc3c2CC[C@@]2(CCc4c(Cl)cccc42)C3)C[C@@H]1CC#N. The number of benzene rings is 1. The minimum atomic E-state index is -1.00. The number of likely N-dealkylation sites (tertiary alicyclic amines) is 1. The Hall–Kier alpha value is -3.22. The Bertz CT molecular complexity index is 1410. The number of anilines is 1. The van der Waals surface area contributed by atoms with E-state index in [0.29, 0.717) is 31.7 Å². The summed E-state index contributed by atoms with van der Waals surface area (Å²) in [5, 5.41) is 10.3. The van der Waals surface area contributed by atoms with E-state index < -0.39 is 17.8 Å². The number of carbonyl (C=O) groups excluding carboxylic acids is 1. The van der Waals surface area contributed by atoms with E-state index in [-0.39, 0.29) is 18.4 Å². The molecule has 2 saturated heterocycles. The number of piperazine rings is 1. The number of amides is 1. The van der Waals surface area contributed by atoms with E-state index in [2.05, 4.69) is 35.6 Å². The first-order valence-electron chi connectivity index (χ1n) is 14.6. The number of hydrogen-bond acceptors (Lipinski definition) is 7. The molecule has 0 radical (unpaired) electrons. The first-order chi connectivity index (χ1) is 19.8. The Labute approximate surface area is 245 Å². The zero-order chi connectivity index (χ0) is 28.7. The Morgan fingerprint density at radius 3 is 2.76 bits per heavy atom. The van der Waals surface area contributed by atoms with Crippen LogP contribution in [0.2, 0.25) is 5.02 Å². The molecule has 0 unspecified atom stereocenters. The van der Waals surface area contributed by atoms with Gasteiger partial charge in [-0.15, -0.1) is 0 Å². The standard InChI is InChI=1S/C31H36ClFN6O2/c1-20(33)29(40)39-16-15-38(18-21(39)10-13-34)28-24-9-12-31(11-8-23-25(31)6-3-7-26(23)32)17-27(24)35-30(36-28)41-19-22-5-4-14-37(22)2/h3,6-7,21-22H,1,4-5,8-12,14-19H2,2H3/t21-,22-,31-/m0/s1. The number of rotatable bonds is 6. The number of halogens is 2. The monoisotopic (exact) mass is 578 g/mol. The number of nitrogens with zero attached hydrogens (tertiary/aromatic N) is 6. The van der Waals surface area contributed by atoms with Crippen molar-refractivity contribution in [3.8, 4) is 12.1 Å². The molecule has 41 heavy (non-hydrogen) atoms. The van der Waals surface area contributed by atoms with Crippen LogP contribution in [0.5, 0.6) is 6.01 Å². The molecule has 4 aliphatic rings. The topological polar surface area (TPSA) is 85.6 Å². The summed E-state index contributed by atoms with van der Waals surface area (Å²) in [5.74, 6) is -0.950. The fraction of sp³-hybridized carbons (Fsp3) is 0.548. The molecule has 0 N–H and O–H groups in total. The lowest BCUT2D eigenvalue weighted by atomic mass is 9.69. The molecular weight excluding hydrogens is 543 g/mol. The summed E-state index contributed by atoms with van der Waals surface area (Å²) in [6.45, 7) is 5.90. The molecule has 1 spiro atoms. The van der Waals surface area contributed by atoms with Crippen LogP contribution in [0.4, 0.5) is 10.2 Å². The van der Waals surface area contributed by atoms with Crippen LogP contribution in [0.15, 0.2) is 30.6 Å². The Morgan fingerprint density at radius 2 is 2.02 bits per heavy atom. The van der Waals surface area contributed by atoms with Crippen LogP contribution in [0.3, 0.4) is 0 Å². The molecule has 3 heterocycles. The van der Waals surface area contributed by atoms with Crippen molar-refractivity contribution in [3.05, 3.63) is 58.0 Å². The van der Waals surface area contributed by atoms with Crippen molar-refractivity contribution >= 4 is 23.3 Å². The zero-order valence-electron chi connectivity index (χ0n) is 23.5. The zero-order valence-corrected chi connectivity index (χ0v) is 24.3. The van der Waals surface area contributed by atoms with E-state index in [1.165, 1.54) is 16.0 Å². The van der Waals surface area contributed by atoms with Crippen LogP contribution in [-0.2, 0) is 29.5 Å². The van der Waals surface area contributed by atoms with Crippen molar-refractivity contribution < 1.29 is 13.9 Å². The number of aromatic nitrogens is 2. The molecule has 1 aromatic carbocycles. The van der Waals surface area contributed by atoms with Crippen molar-refractivity contribution in [3.63, 3.8) is 0 Å². The predicted molar refractivity (Wildman–Crippen MR) is 155 cm³/mol. The largest absolute Gasteiger partial charge is 0.462 e. The lowest BCUT2D eigenvalue weighted by molar-refractivity contribution is -0.131. The van der Waals surface area contributed by atoms with Gasteiger partial charge >= 0.3 is 6.01 Å². The smallest absolute Gasteiger partial charge is 0.318 e. The van der Waals surface area contributed by atoms with Gasteiger partial charge < -0.3 is 19.4 Å². The summed E-state index contributed by atoms with van der Waals surface area (Å²) in [6.07, 6.45) is 6.90. The minimum absolute atomic E-state index is 0.0161. The maximum atomic E-state index is 13.8. The molecule has 2 aliphatic carbocycles. The second kappa shape index (κ2) is 11.2. The highest BCUT2D eigenvalue weighted by Crippen LogP contribution is 2.50. The molecule has 6 rings (SSSR count). The van der Waals surface area contributed by atoms with Gasteiger partial charge in [-0.2, -0.15) is 15.2 Å². The average Bonchev–Trinajstić information content (AvgIpc) is 3.54. The fourth-order valence-corrected chi connectivity index (χ4v) is 7.63. The van der Waals surface area contributed by atoms with Crippen LogP contribution >= 0.6 is 11.6 Å². The number of hydrogen-bond donors (Lipinski definition) is 0. The number of ether oxygens (including phenoxy) is 1. The molecule has 2 aliphatic heterocycles. The molecule has 0 bridgehead atoms. The Morgan fingerprint density at radius 1 is 1.22 bits per heavy atom. The van der Waals surface area contributed by atoms with E-state index >= 15 is 0 Å². The Kier molecular flexibility index (Phi) is 7.64. The second-order valence-corrected chi connectivity index (χ2v) is 12.3. The van der Waals surface area contributed by atoms with E-state index in [1.54, 1.807) is 0 Å². The van der Waals surface area contributed by atoms with Crippen LogP contribution < -0.4 is 9.64 Å². The number of carbonyl (C=O) groups is 1. The summed E-state index contributed by atoms with van der Waals surface area (Å²) >= 11 is 6.60. The van der Waals surface area contributed by atoms with Crippen molar-refractivity contribution in [2.24, 2.45) is 0 Å². The van der Waals surface area contributed by atoms with Gasteiger partial charge in [0.2, 0.25) is 0 Å². The van der Waals surface area contributed by atoms with Gasteiger partial charge in [0.15, 0.2) is 5.83 Å². The second-order valence-electron chi connectivity index (χ2n) is 11.9. The van der Waals surface area contributed by atoms with Gasteiger partial charge in [0.25, 0.3) is 5.91 Å². The maximum Gasteiger partial charge on any atom is 0.318 e. The van der Waals surface area contributed by atoms with Gasteiger partial charge in [-0.3, -0.25) is 4.79 Å². The van der Waals surface area contributed by atoms with Crippen molar-refractivity contribution in [1.82, 2.24) is 19.8 Å². The lowest BCUT2D eigenvalue weighted by Crippen LogP contribution is -2.55. The third kappa shape index (κ3) is 5.17. The number of likely N-dealkylation sites (N-methyl/N-ethyl adjacent to an activating group) is 1. The first-order valence-corrected chi connectivity index (χ1v) is 15.0. The number of fused-ring (bicyclic) bond motifs is 3. The third-order valence-electron chi connectivity index (χ3n) is 9.63. The third-order valence-corrected chi connectivity index (χ3v) is 9.99. The summed E-state index contributed by atoms with van der Waals surface area (Å²) in [4.78, 5) is 28.3. The van der Waals surface area contributed by atoms with E-state index in [0.717, 1.165) is 73.6 Å². The quantitative estimate of drug-likeness (QED) is 0.470. The van der Waals surface area contributed by atoms with Gasteiger partial charge in [-0.25, -0.2) is 4.39 Å².